The fourth-order valence-corrected chi connectivity index (χ4v) is 8.28. The van der Waals surface area contributed by atoms with E-state index in [9.17, 15) is 0 Å². The highest BCUT2D eigenvalue weighted by atomic mass is 15.6. The van der Waals surface area contributed by atoms with Gasteiger partial charge in [0.1, 0.15) is 0 Å². The van der Waals surface area contributed by atoms with Gasteiger partial charge in [0.25, 0.3) is 0 Å². The number of hydrogen-bond acceptors (Lipinski definition) is 3. The van der Waals surface area contributed by atoms with Crippen molar-refractivity contribution in [2.75, 3.05) is 0 Å². The van der Waals surface area contributed by atoms with Crippen molar-refractivity contribution in [1.82, 2.24) is 15.3 Å². The Kier molecular flexibility index (Phi) is 7.31. The second-order valence-electron chi connectivity index (χ2n) is 12.9. The van der Waals surface area contributed by atoms with Crippen LogP contribution in [0.5, 0.6) is 0 Å². The summed E-state index contributed by atoms with van der Waals surface area (Å²) in [5.41, 5.74) is 4.74. The number of likely N-dealkylation sites (tertiary alicyclic amines) is 1. The van der Waals surface area contributed by atoms with Crippen molar-refractivity contribution in [3.63, 3.8) is 0 Å². The summed E-state index contributed by atoms with van der Waals surface area (Å²) in [4.78, 5) is 2.80. The normalized spacial score (nSPS) is 44.4. The van der Waals surface area contributed by atoms with E-state index >= 15 is 0 Å². The van der Waals surface area contributed by atoms with Crippen LogP contribution in [0.1, 0.15) is 109 Å². The molecule has 2 aliphatic heterocycles. The third-order valence-electron chi connectivity index (χ3n) is 8.62. The molecular weight excluding hydrogens is 354 g/mol. The van der Waals surface area contributed by atoms with Crippen LogP contribution < -0.4 is 5.43 Å². The maximum Gasteiger partial charge on any atom is 0.0272 e. The van der Waals surface area contributed by atoms with Gasteiger partial charge >= 0.3 is 0 Å². The number of hydrazine groups is 1. The van der Waals surface area contributed by atoms with E-state index in [0.717, 1.165) is 0 Å². The van der Waals surface area contributed by atoms with Gasteiger partial charge in [-0.05, 0) is 112 Å². The number of nitrogens with one attached hydrogen (secondary N) is 1. The first kappa shape index (κ1) is 25.1. The Morgan fingerprint density at radius 2 is 1.00 bits per heavy atom. The van der Waals surface area contributed by atoms with Crippen LogP contribution in [0.15, 0.2) is 0 Å². The molecule has 2 heterocycles. The zero-order chi connectivity index (χ0) is 22.5. The van der Waals surface area contributed by atoms with Crippen LogP contribution in [0.2, 0.25) is 0 Å². The zero-order valence-electron chi connectivity index (χ0n) is 22.1. The van der Waals surface area contributed by atoms with Crippen molar-refractivity contribution in [2.24, 2.45) is 23.2 Å². The number of rotatable bonds is 0. The lowest BCUT2D eigenvalue weighted by Crippen LogP contribution is -2.63. The molecule has 2 aliphatic rings. The second-order valence-corrected chi connectivity index (χ2v) is 12.9. The Morgan fingerprint density at radius 3 is 1.34 bits per heavy atom. The van der Waals surface area contributed by atoms with Crippen molar-refractivity contribution < 1.29 is 0 Å². The average molecular weight is 408 g/mol. The molecule has 7 unspecified atom stereocenters. The Labute approximate surface area is 183 Å². The lowest BCUT2D eigenvalue weighted by molar-refractivity contribution is -0.0825. The van der Waals surface area contributed by atoms with E-state index in [1.807, 2.05) is 0 Å². The minimum atomic E-state index is 0.136. The maximum absolute atomic E-state index is 4.06. The minimum absolute atomic E-state index is 0.136. The molecule has 1 spiro atoms. The Hall–Kier alpha value is -0.120. The molecule has 172 valence electrons. The Bertz CT molecular complexity index is 525. The molecule has 0 radical (unpaired) electrons. The van der Waals surface area contributed by atoms with Crippen molar-refractivity contribution in [2.45, 2.75) is 145 Å². The predicted octanol–water partition coefficient (Wildman–Crippen LogP) is 6.34. The summed E-state index contributed by atoms with van der Waals surface area (Å²) in [5, 5.41) is 2.56. The third kappa shape index (κ3) is 4.58. The molecule has 0 bridgehead atoms. The molecule has 7 atom stereocenters. The van der Waals surface area contributed by atoms with Crippen LogP contribution >= 0.6 is 0 Å². The van der Waals surface area contributed by atoms with Gasteiger partial charge in [-0.3, -0.25) is 10.3 Å². The van der Waals surface area contributed by atoms with Gasteiger partial charge < -0.3 is 0 Å². The molecule has 2 saturated heterocycles. The molecule has 3 nitrogen and oxygen atoms in total. The molecule has 29 heavy (non-hydrogen) atoms. The highest BCUT2D eigenvalue weighted by molar-refractivity contribution is 5.06. The SMILES string of the molecule is CC1CC(C)C2(C(C)CC(C)N(C(C)(C)C)C(C)CC2C)C(C)NN1C(C)(C)C. The fraction of sp³-hybridized carbons (Fsp3) is 1.00. The van der Waals surface area contributed by atoms with E-state index in [0.29, 0.717) is 47.3 Å². The lowest BCUT2D eigenvalue weighted by atomic mass is 9.53. The third-order valence-corrected chi connectivity index (χ3v) is 8.62. The van der Waals surface area contributed by atoms with E-state index in [1.165, 1.54) is 19.3 Å². The van der Waals surface area contributed by atoms with E-state index in [4.69, 9.17) is 0 Å². The van der Waals surface area contributed by atoms with E-state index in [-0.39, 0.29) is 11.1 Å². The van der Waals surface area contributed by atoms with E-state index in [2.05, 4.69) is 105 Å². The van der Waals surface area contributed by atoms with Crippen molar-refractivity contribution in [3.8, 4) is 0 Å². The fourth-order valence-electron chi connectivity index (χ4n) is 8.28. The standard InChI is InChI=1S/C26H53N3/c1-17-14-20(4)28(24(8,9)10)21(5)15-18(2)26(17)19(3)16-22(6)29(25(11,12)13)27-23(26)7/h17-23,27H,14-16H2,1-13H3. The summed E-state index contributed by atoms with van der Waals surface area (Å²) in [6, 6.07) is 2.26. The molecule has 0 aromatic rings. The first-order chi connectivity index (χ1) is 13.0. The molecule has 2 fully saturated rings. The quantitative estimate of drug-likeness (QED) is 0.505. The zero-order valence-corrected chi connectivity index (χ0v) is 22.1. The van der Waals surface area contributed by atoms with Gasteiger partial charge in [0.05, 0.1) is 0 Å². The highest BCUT2D eigenvalue weighted by Crippen LogP contribution is 2.54. The maximum atomic E-state index is 4.06. The molecule has 0 aromatic carbocycles. The van der Waals surface area contributed by atoms with Crippen LogP contribution in [0.4, 0.5) is 0 Å². The number of nitrogens with zero attached hydrogens (tertiary/aromatic N) is 2. The van der Waals surface area contributed by atoms with Crippen LogP contribution in [-0.2, 0) is 0 Å². The molecule has 0 aromatic heterocycles. The van der Waals surface area contributed by atoms with Crippen molar-refractivity contribution in [3.05, 3.63) is 0 Å². The summed E-state index contributed by atoms with van der Waals surface area (Å²) in [5.74, 6) is 2.09. The smallest absolute Gasteiger partial charge is 0.0272 e. The van der Waals surface area contributed by atoms with Gasteiger partial charge in [-0.2, -0.15) is 0 Å². The van der Waals surface area contributed by atoms with Crippen LogP contribution in [0.3, 0.4) is 0 Å². The van der Waals surface area contributed by atoms with Crippen LogP contribution in [0, 0.1) is 23.2 Å². The van der Waals surface area contributed by atoms with Crippen LogP contribution in [0.25, 0.3) is 0 Å². The predicted molar refractivity (Wildman–Crippen MR) is 128 cm³/mol. The topological polar surface area (TPSA) is 18.5 Å². The first-order valence-corrected chi connectivity index (χ1v) is 12.4. The molecule has 3 heteroatoms. The van der Waals surface area contributed by atoms with Gasteiger partial charge in [0.2, 0.25) is 0 Å². The van der Waals surface area contributed by atoms with Gasteiger partial charge in [-0.25, -0.2) is 5.01 Å². The first-order valence-electron chi connectivity index (χ1n) is 12.4. The molecule has 2 rings (SSSR count). The van der Waals surface area contributed by atoms with E-state index in [1.54, 1.807) is 0 Å². The summed E-state index contributed by atoms with van der Waals surface area (Å²) in [6.45, 7) is 31.8. The van der Waals surface area contributed by atoms with Gasteiger partial charge in [-0.1, -0.05) is 20.8 Å². The second kappa shape index (κ2) is 8.43. The molecule has 0 aliphatic carbocycles. The van der Waals surface area contributed by atoms with Gasteiger partial charge in [0.15, 0.2) is 0 Å². The summed E-state index contributed by atoms with van der Waals surface area (Å²) in [6.07, 6.45) is 3.84. The Balaban J connectivity index is 2.49. The number of hydrogen-bond donors (Lipinski definition) is 1. The van der Waals surface area contributed by atoms with Crippen molar-refractivity contribution in [1.29, 1.82) is 0 Å². The largest absolute Gasteiger partial charge is 0.293 e. The van der Waals surface area contributed by atoms with Gasteiger partial charge in [-0.15, -0.1) is 0 Å². The summed E-state index contributed by atoms with van der Waals surface area (Å²) in [7, 11) is 0. The lowest BCUT2D eigenvalue weighted by Gasteiger charge is -2.57. The molecular formula is C26H53N3. The molecule has 0 saturated carbocycles. The minimum Gasteiger partial charge on any atom is -0.293 e. The molecule has 1 N–H and O–H groups in total. The Morgan fingerprint density at radius 1 is 0.621 bits per heavy atom. The molecule has 0 amide bonds. The van der Waals surface area contributed by atoms with Crippen molar-refractivity contribution >= 4 is 0 Å². The summed E-state index contributed by atoms with van der Waals surface area (Å²) < 4.78 is 0. The monoisotopic (exact) mass is 407 g/mol. The average Bonchev–Trinajstić information content (AvgIpc) is 2.58. The van der Waals surface area contributed by atoms with E-state index < -0.39 is 0 Å². The van der Waals surface area contributed by atoms with Crippen LogP contribution in [-0.4, -0.2) is 45.2 Å². The van der Waals surface area contributed by atoms with Gasteiger partial charge in [0, 0.05) is 35.2 Å². The highest BCUT2D eigenvalue weighted by Gasteiger charge is 2.54. The summed E-state index contributed by atoms with van der Waals surface area (Å²) >= 11 is 0.